The van der Waals surface area contributed by atoms with Crippen molar-refractivity contribution in [2.45, 2.75) is 56.5 Å². The van der Waals surface area contributed by atoms with Crippen molar-refractivity contribution in [1.82, 2.24) is 14.9 Å². The third-order valence-electron chi connectivity index (χ3n) is 7.98. The molecule has 34 heavy (non-hydrogen) atoms. The fraction of sp³-hybridized carbons (Fsp3) is 0.783. The number of aromatic nitrogens is 2. The largest absolute Gasteiger partial charge is 0.434 e. The molecule has 0 radical (unpaired) electrons. The quantitative estimate of drug-likeness (QED) is 0.620. The molecule has 8 nitrogen and oxygen atoms in total. The molecule has 2 unspecified atom stereocenters. The van der Waals surface area contributed by atoms with Crippen LogP contribution in [-0.4, -0.2) is 72.1 Å². The van der Waals surface area contributed by atoms with Gasteiger partial charge >= 0.3 is 6.18 Å². The van der Waals surface area contributed by atoms with Gasteiger partial charge in [0.15, 0.2) is 11.5 Å². The molecule has 2 atom stereocenters. The maximum atomic E-state index is 13.9. The van der Waals surface area contributed by atoms with Gasteiger partial charge in [0, 0.05) is 50.4 Å². The van der Waals surface area contributed by atoms with E-state index in [-0.39, 0.29) is 30.9 Å². The third-order valence-corrected chi connectivity index (χ3v) is 7.98. The molecule has 1 aromatic heterocycles. The molecular formula is C23H31F3N4O4. The van der Waals surface area contributed by atoms with Gasteiger partial charge in [-0.3, -0.25) is 4.79 Å². The Morgan fingerprint density at radius 3 is 2.50 bits per heavy atom. The predicted molar refractivity (Wildman–Crippen MR) is 115 cm³/mol. The second-order valence-corrected chi connectivity index (χ2v) is 9.97. The highest BCUT2D eigenvalue weighted by molar-refractivity contribution is 5.95. The number of nitrogens with zero attached hydrogens (tertiary/aromatic N) is 3. The minimum atomic E-state index is -4.78. The Morgan fingerprint density at radius 1 is 1.24 bits per heavy atom. The molecule has 0 aromatic carbocycles. The van der Waals surface area contributed by atoms with Crippen LogP contribution in [0.1, 0.15) is 55.1 Å². The van der Waals surface area contributed by atoms with E-state index in [0.29, 0.717) is 38.6 Å². The molecule has 1 aliphatic heterocycles. The molecule has 1 aromatic rings. The molecule has 5 aliphatic rings. The van der Waals surface area contributed by atoms with E-state index in [2.05, 4.69) is 15.3 Å². The standard InChI is InChI=1S/C23H31F3N4O4/c1-3-34-22(32-2)15-8-14-9-16(22)12-21(10-14,11-15)29-20-27-13-17(18(28-20)23(24,25)26)19(31)30-4-6-33-7-5-30/h13-16H,3-12H2,1-2H3,(H,27,28,29). The second kappa shape index (κ2) is 8.60. The Bertz CT molecular complexity index is 921. The third kappa shape index (κ3) is 3.95. The summed E-state index contributed by atoms with van der Waals surface area (Å²) in [5, 5.41) is 3.27. The number of amides is 1. The minimum absolute atomic E-state index is 0.0905. The number of nitrogens with one attached hydrogen (secondary N) is 1. The first-order valence-corrected chi connectivity index (χ1v) is 12.0. The summed E-state index contributed by atoms with van der Waals surface area (Å²) in [4.78, 5) is 22.2. The number of methoxy groups -OCH3 is 1. The molecule has 11 heteroatoms. The van der Waals surface area contributed by atoms with Crippen molar-refractivity contribution in [3.8, 4) is 0 Å². The van der Waals surface area contributed by atoms with Gasteiger partial charge in [0.2, 0.25) is 5.95 Å². The molecular weight excluding hydrogens is 453 g/mol. The average molecular weight is 485 g/mol. The Morgan fingerprint density at radius 2 is 1.91 bits per heavy atom. The summed E-state index contributed by atoms with van der Waals surface area (Å²) in [5.74, 6) is -0.687. The summed E-state index contributed by atoms with van der Waals surface area (Å²) in [5.41, 5.74) is -2.14. The van der Waals surface area contributed by atoms with Crippen molar-refractivity contribution < 1.29 is 32.2 Å². The number of hydrogen-bond acceptors (Lipinski definition) is 7. The van der Waals surface area contributed by atoms with Crippen molar-refractivity contribution in [2.75, 3.05) is 45.3 Å². The molecule has 0 spiro atoms. The highest BCUT2D eigenvalue weighted by Gasteiger charge is 2.63. The van der Waals surface area contributed by atoms with E-state index in [0.717, 1.165) is 25.5 Å². The lowest BCUT2D eigenvalue weighted by Gasteiger charge is -2.63. The number of anilines is 1. The van der Waals surface area contributed by atoms with Gasteiger partial charge < -0.3 is 24.4 Å². The molecule has 1 saturated heterocycles. The number of morpholine rings is 1. The van der Waals surface area contributed by atoms with Gasteiger partial charge in [-0.1, -0.05) is 0 Å². The number of halogens is 3. The van der Waals surface area contributed by atoms with E-state index in [1.54, 1.807) is 7.11 Å². The number of carbonyl (C=O) groups excluding carboxylic acids is 1. The summed E-state index contributed by atoms with van der Waals surface area (Å²) in [7, 11) is 1.68. The van der Waals surface area contributed by atoms with Crippen molar-refractivity contribution in [3.05, 3.63) is 17.5 Å². The van der Waals surface area contributed by atoms with Gasteiger partial charge in [0.1, 0.15) is 0 Å². The van der Waals surface area contributed by atoms with Crippen LogP contribution in [0.25, 0.3) is 0 Å². The molecule has 188 valence electrons. The molecule has 2 heterocycles. The van der Waals surface area contributed by atoms with E-state index in [4.69, 9.17) is 14.2 Å². The SMILES string of the molecule is CCOC1(OC)C2CC3CC1CC(Nc1ncc(C(=O)N4CCOCC4)c(C(F)(F)F)n1)(C3)C2. The van der Waals surface area contributed by atoms with E-state index >= 15 is 0 Å². The summed E-state index contributed by atoms with van der Waals surface area (Å²) in [6.07, 6.45) is 0.477. The highest BCUT2D eigenvalue weighted by atomic mass is 19.4. The average Bonchev–Trinajstić information content (AvgIpc) is 2.80. The number of rotatable bonds is 6. The van der Waals surface area contributed by atoms with Crippen LogP contribution in [0.3, 0.4) is 0 Å². The van der Waals surface area contributed by atoms with Crippen LogP contribution < -0.4 is 5.32 Å². The first-order chi connectivity index (χ1) is 16.2. The normalized spacial score (nSPS) is 35.0. The zero-order chi connectivity index (χ0) is 24.1. The monoisotopic (exact) mass is 484 g/mol. The molecule has 1 N–H and O–H groups in total. The van der Waals surface area contributed by atoms with Gasteiger partial charge in [0.25, 0.3) is 5.91 Å². The van der Waals surface area contributed by atoms with Crippen molar-refractivity contribution in [2.24, 2.45) is 17.8 Å². The van der Waals surface area contributed by atoms with Crippen molar-refractivity contribution in [1.29, 1.82) is 0 Å². The lowest BCUT2D eigenvalue weighted by molar-refractivity contribution is -0.328. The Kier molecular flexibility index (Phi) is 6.01. The van der Waals surface area contributed by atoms with Gasteiger partial charge in [-0.05, 0) is 44.9 Å². The van der Waals surface area contributed by atoms with Gasteiger partial charge in [0.05, 0.1) is 18.8 Å². The fourth-order valence-corrected chi connectivity index (χ4v) is 6.92. The fourth-order valence-electron chi connectivity index (χ4n) is 6.92. The summed E-state index contributed by atoms with van der Waals surface area (Å²) in [6.45, 7) is 3.57. The van der Waals surface area contributed by atoms with Crippen LogP contribution in [0.2, 0.25) is 0 Å². The molecule has 5 fully saturated rings. The second-order valence-electron chi connectivity index (χ2n) is 9.97. The van der Waals surface area contributed by atoms with Crippen LogP contribution in [0.5, 0.6) is 0 Å². The van der Waals surface area contributed by atoms with E-state index < -0.39 is 34.7 Å². The maximum Gasteiger partial charge on any atom is 0.434 e. The Hall–Kier alpha value is -1.98. The van der Waals surface area contributed by atoms with E-state index in [1.165, 1.54) is 4.90 Å². The van der Waals surface area contributed by atoms with Crippen LogP contribution in [0, 0.1) is 17.8 Å². The number of alkyl halides is 3. The molecule has 4 aliphatic carbocycles. The first-order valence-electron chi connectivity index (χ1n) is 12.0. The first kappa shape index (κ1) is 23.7. The van der Waals surface area contributed by atoms with Crippen LogP contribution in [-0.2, 0) is 20.4 Å². The topological polar surface area (TPSA) is 85.8 Å². The number of carbonyl (C=O) groups is 1. The molecule has 4 saturated carbocycles. The van der Waals surface area contributed by atoms with Crippen LogP contribution in [0.4, 0.5) is 19.1 Å². The maximum absolute atomic E-state index is 13.9. The Balaban J connectivity index is 1.41. The zero-order valence-corrected chi connectivity index (χ0v) is 19.5. The number of hydrogen-bond donors (Lipinski definition) is 1. The minimum Gasteiger partial charge on any atom is -0.378 e. The zero-order valence-electron chi connectivity index (χ0n) is 19.5. The lowest BCUT2D eigenvalue weighted by atomic mass is 9.50. The summed E-state index contributed by atoms with van der Waals surface area (Å²) < 4.78 is 59.1. The number of ether oxygens (including phenoxy) is 3. The molecule has 4 bridgehead atoms. The summed E-state index contributed by atoms with van der Waals surface area (Å²) in [6, 6.07) is 0. The molecule has 1 amide bonds. The van der Waals surface area contributed by atoms with Crippen molar-refractivity contribution in [3.63, 3.8) is 0 Å². The summed E-state index contributed by atoms with van der Waals surface area (Å²) >= 11 is 0. The van der Waals surface area contributed by atoms with E-state index in [1.807, 2.05) is 6.92 Å². The lowest BCUT2D eigenvalue weighted by Crippen LogP contribution is -2.67. The molecule has 6 rings (SSSR count). The predicted octanol–water partition coefficient (Wildman–Crippen LogP) is 3.34. The smallest absolute Gasteiger partial charge is 0.378 e. The highest BCUT2D eigenvalue weighted by Crippen LogP contribution is 2.62. The van der Waals surface area contributed by atoms with Crippen molar-refractivity contribution >= 4 is 11.9 Å². The van der Waals surface area contributed by atoms with Crippen LogP contribution >= 0.6 is 0 Å². The van der Waals surface area contributed by atoms with Crippen LogP contribution in [0.15, 0.2) is 6.20 Å². The Labute approximate surface area is 196 Å². The van der Waals surface area contributed by atoms with E-state index in [9.17, 15) is 18.0 Å². The van der Waals surface area contributed by atoms with Gasteiger partial charge in [-0.15, -0.1) is 0 Å². The van der Waals surface area contributed by atoms with Gasteiger partial charge in [-0.25, -0.2) is 9.97 Å². The van der Waals surface area contributed by atoms with Gasteiger partial charge in [-0.2, -0.15) is 13.2 Å².